The lowest BCUT2D eigenvalue weighted by Crippen LogP contribution is -2.33. The zero-order valence-electron chi connectivity index (χ0n) is 14.5. The van der Waals surface area contributed by atoms with Gasteiger partial charge in [0.05, 0.1) is 35.9 Å². The molecule has 0 bridgehead atoms. The van der Waals surface area contributed by atoms with Crippen LogP contribution < -0.4 is 4.74 Å². The molecule has 0 fully saturated rings. The molecule has 0 saturated heterocycles. The van der Waals surface area contributed by atoms with Crippen LogP contribution in [0, 0.1) is 14.9 Å². The van der Waals surface area contributed by atoms with Crippen LogP contribution in [0.2, 0.25) is 5.02 Å². The van der Waals surface area contributed by atoms with E-state index in [0.717, 1.165) is 9.13 Å². The van der Waals surface area contributed by atoms with Gasteiger partial charge < -0.3 is 14.4 Å². The second-order valence-electron chi connectivity index (χ2n) is 5.49. The smallest absolute Gasteiger partial charge is 0.258 e. The predicted molar refractivity (Wildman–Crippen MR) is 108 cm³/mol. The molecule has 0 aliphatic rings. The van der Waals surface area contributed by atoms with E-state index in [9.17, 15) is 4.79 Å². The lowest BCUT2D eigenvalue weighted by atomic mass is 10.1. The molecule has 0 aliphatic carbocycles. The fraction of sp³-hybridized carbons (Fsp3) is 0.263. The molecule has 2 aromatic rings. The van der Waals surface area contributed by atoms with Gasteiger partial charge in [0.2, 0.25) is 0 Å². The van der Waals surface area contributed by atoms with Crippen molar-refractivity contribution < 1.29 is 14.3 Å². The Morgan fingerprint density at radius 2 is 1.96 bits per heavy atom. The maximum atomic E-state index is 13.1. The Balaban J connectivity index is 2.32. The van der Waals surface area contributed by atoms with E-state index < -0.39 is 0 Å². The summed E-state index contributed by atoms with van der Waals surface area (Å²) in [5.74, 6) is 0.285. The van der Waals surface area contributed by atoms with Crippen LogP contribution in [0.3, 0.4) is 0 Å². The van der Waals surface area contributed by atoms with Crippen molar-refractivity contribution in [3.05, 3.63) is 61.7 Å². The molecule has 0 spiro atoms. The Morgan fingerprint density at radius 1 is 1.27 bits per heavy atom. The van der Waals surface area contributed by atoms with Crippen LogP contribution in [0.4, 0.5) is 0 Å². The number of benzene rings is 2. The maximum absolute atomic E-state index is 13.1. The standard InChI is InChI=1S/C19H18ClIN2O3/c1-25-8-7-23(12-14-5-3-13(11-22)4-6-14)19(24)15-9-16(20)17(21)10-18(15)26-2/h3-6,9-10H,7-8,12H2,1-2H3. The Kier molecular flexibility index (Phi) is 7.69. The number of halogens is 2. The molecule has 0 aromatic heterocycles. The number of hydrogen-bond donors (Lipinski definition) is 0. The van der Waals surface area contributed by atoms with Gasteiger partial charge in [-0.3, -0.25) is 4.79 Å². The van der Waals surface area contributed by atoms with Crippen molar-refractivity contribution in [1.29, 1.82) is 5.26 Å². The van der Waals surface area contributed by atoms with Gasteiger partial charge in [-0.25, -0.2) is 0 Å². The van der Waals surface area contributed by atoms with Gasteiger partial charge in [0.1, 0.15) is 5.75 Å². The van der Waals surface area contributed by atoms with Crippen molar-refractivity contribution in [1.82, 2.24) is 4.90 Å². The fourth-order valence-electron chi connectivity index (χ4n) is 2.39. The summed E-state index contributed by atoms with van der Waals surface area (Å²) in [6.07, 6.45) is 0. The predicted octanol–water partition coefficient (Wildman–Crippen LogP) is 4.11. The third-order valence-corrected chi connectivity index (χ3v) is 5.31. The van der Waals surface area contributed by atoms with E-state index in [0.29, 0.717) is 41.6 Å². The summed E-state index contributed by atoms with van der Waals surface area (Å²) in [6, 6.07) is 12.6. The van der Waals surface area contributed by atoms with Gasteiger partial charge in [0.15, 0.2) is 0 Å². The number of amides is 1. The molecule has 0 unspecified atom stereocenters. The largest absolute Gasteiger partial charge is 0.496 e. The molecule has 0 heterocycles. The maximum Gasteiger partial charge on any atom is 0.258 e. The molecule has 0 radical (unpaired) electrons. The minimum Gasteiger partial charge on any atom is -0.496 e. The molecule has 5 nitrogen and oxygen atoms in total. The molecule has 7 heteroatoms. The van der Waals surface area contributed by atoms with Crippen molar-refractivity contribution >= 4 is 40.1 Å². The van der Waals surface area contributed by atoms with E-state index in [1.54, 1.807) is 36.3 Å². The molecule has 0 atom stereocenters. The zero-order valence-corrected chi connectivity index (χ0v) is 17.4. The lowest BCUT2D eigenvalue weighted by molar-refractivity contribution is 0.0677. The fourth-order valence-corrected chi connectivity index (χ4v) is 3.00. The SMILES string of the molecule is COCCN(Cc1ccc(C#N)cc1)C(=O)c1cc(Cl)c(I)cc1OC. The van der Waals surface area contributed by atoms with E-state index in [1.165, 1.54) is 7.11 Å². The van der Waals surface area contributed by atoms with E-state index in [1.807, 2.05) is 12.1 Å². The molecular weight excluding hydrogens is 467 g/mol. The Bertz CT molecular complexity index is 819. The first-order valence-corrected chi connectivity index (χ1v) is 9.26. The summed E-state index contributed by atoms with van der Waals surface area (Å²) in [5.41, 5.74) is 1.90. The first-order chi connectivity index (χ1) is 12.5. The summed E-state index contributed by atoms with van der Waals surface area (Å²) in [4.78, 5) is 14.8. The quantitative estimate of drug-likeness (QED) is 0.555. The number of nitrogens with zero attached hydrogens (tertiary/aromatic N) is 2. The monoisotopic (exact) mass is 484 g/mol. The van der Waals surface area contributed by atoms with Crippen LogP contribution in [-0.4, -0.2) is 38.2 Å². The first-order valence-electron chi connectivity index (χ1n) is 7.80. The van der Waals surface area contributed by atoms with Crippen LogP contribution in [0.25, 0.3) is 0 Å². The number of nitriles is 1. The molecule has 0 aliphatic heterocycles. The Hall–Kier alpha value is -1.82. The Labute approximate surface area is 171 Å². The summed E-state index contributed by atoms with van der Waals surface area (Å²) >= 11 is 8.30. The highest BCUT2D eigenvalue weighted by Gasteiger charge is 2.21. The molecule has 1 amide bonds. The van der Waals surface area contributed by atoms with Crippen LogP contribution >= 0.6 is 34.2 Å². The third kappa shape index (κ3) is 5.10. The zero-order chi connectivity index (χ0) is 19.1. The average Bonchev–Trinajstić information content (AvgIpc) is 2.66. The summed E-state index contributed by atoms with van der Waals surface area (Å²) in [5, 5.41) is 9.41. The number of rotatable bonds is 7. The second-order valence-corrected chi connectivity index (χ2v) is 7.06. The number of ether oxygens (including phenoxy) is 2. The number of carbonyl (C=O) groups is 1. The molecule has 2 rings (SSSR count). The highest BCUT2D eigenvalue weighted by atomic mass is 127. The van der Waals surface area contributed by atoms with Gasteiger partial charge in [0.25, 0.3) is 5.91 Å². The van der Waals surface area contributed by atoms with E-state index in [-0.39, 0.29) is 5.91 Å². The summed E-state index contributed by atoms with van der Waals surface area (Å²) in [7, 11) is 3.11. The van der Waals surface area contributed by atoms with Crippen molar-refractivity contribution in [2.75, 3.05) is 27.4 Å². The van der Waals surface area contributed by atoms with Gasteiger partial charge in [-0.15, -0.1) is 0 Å². The van der Waals surface area contributed by atoms with E-state index >= 15 is 0 Å². The Morgan fingerprint density at radius 3 is 2.54 bits per heavy atom. The van der Waals surface area contributed by atoms with Crippen LogP contribution in [-0.2, 0) is 11.3 Å². The van der Waals surface area contributed by atoms with Gasteiger partial charge in [-0.2, -0.15) is 5.26 Å². The van der Waals surface area contributed by atoms with Crippen LogP contribution in [0.1, 0.15) is 21.5 Å². The summed E-state index contributed by atoms with van der Waals surface area (Å²) < 4.78 is 11.3. The third-order valence-electron chi connectivity index (χ3n) is 3.78. The highest BCUT2D eigenvalue weighted by Crippen LogP contribution is 2.29. The summed E-state index contributed by atoms with van der Waals surface area (Å²) in [6.45, 7) is 1.21. The lowest BCUT2D eigenvalue weighted by Gasteiger charge is -2.24. The van der Waals surface area contributed by atoms with Crippen molar-refractivity contribution in [2.45, 2.75) is 6.54 Å². The minimum atomic E-state index is -0.193. The van der Waals surface area contributed by atoms with Gasteiger partial charge in [-0.05, 0) is 52.4 Å². The minimum absolute atomic E-state index is 0.193. The number of hydrogen-bond acceptors (Lipinski definition) is 4. The molecule has 26 heavy (non-hydrogen) atoms. The number of carbonyl (C=O) groups excluding carboxylic acids is 1. The van der Waals surface area contributed by atoms with Gasteiger partial charge in [-0.1, -0.05) is 23.7 Å². The van der Waals surface area contributed by atoms with Crippen LogP contribution in [0.15, 0.2) is 36.4 Å². The van der Waals surface area contributed by atoms with Gasteiger partial charge in [0, 0.05) is 23.8 Å². The van der Waals surface area contributed by atoms with Crippen molar-refractivity contribution in [3.8, 4) is 11.8 Å². The molecule has 0 N–H and O–H groups in total. The van der Waals surface area contributed by atoms with Crippen molar-refractivity contribution in [3.63, 3.8) is 0 Å². The average molecular weight is 485 g/mol. The molecular formula is C19H18ClIN2O3. The van der Waals surface area contributed by atoms with E-state index in [4.69, 9.17) is 26.3 Å². The first kappa shape index (κ1) is 20.5. The molecule has 136 valence electrons. The highest BCUT2D eigenvalue weighted by molar-refractivity contribution is 14.1. The molecule has 2 aromatic carbocycles. The number of methoxy groups -OCH3 is 2. The van der Waals surface area contributed by atoms with Crippen LogP contribution in [0.5, 0.6) is 5.75 Å². The van der Waals surface area contributed by atoms with Crippen molar-refractivity contribution in [2.24, 2.45) is 0 Å². The molecule has 0 saturated carbocycles. The van der Waals surface area contributed by atoms with Gasteiger partial charge >= 0.3 is 0 Å². The topological polar surface area (TPSA) is 62.6 Å². The normalized spacial score (nSPS) is 10.3. The second kappa shape index (κ2) is 9.76. The van der Waals surface area contributed by atoms with E-state index in [2.05, 4.69) is 28.7 Å².